The lowest BCUT2D eigenvalue weighted by Gasteiger charge is -2.15. The highest BCUT2D eigenvalue weighted by atomic mass is 79.9. The predicted molar refractivity (Wildman–Crippen MR) is 64.8 cm³/mol. The SMILES string of the molecule is COc1cc(C(C)C(C)Br)ccc1Cl. The molecule has 0 aromatic heterocycles. The van der Waals surface area contributed by atoms with Gasteiger partial charge in [0, 0.05) is 4.83 Å². The second-order valence-electron chi connectivity index (χ2n) is 3.36. The number of rotatable bonds is 3. The molecule has 2 unspecified atom stereocenters. The van der Waals surface area contributed by atoms with Crippen molar-refractivity contribution < 1.29 is 4.74 Å². The summed E-state index contributed by atoms with van der Waals surface area (Å²) >= 11 is 9.51. The van der Waals surface area contributed by atoms with Gasteiger partial charge < -0.3 is 4.74 Å². The van der Waals surface area contributed by atoms with Gasteiger partial charge in [0.2, 0.25) is 0 Å². The number of alkyl halides is 1. The lowest BCUT2D eigenvalue weighted by Crippen LogP contribution is -2.04. The van der Waals surface area contributed by atoms with Crippen LogP contribution in [-0.4, -0.2) is 11.9 Å². The Morgan fingerprint density at radius 3 is 2.50 bits per heavy atom. The Hall–Kier alpha value is -0.210. The van der Waals surface area contributed by atoms with E-state index in [2.05, 4.69) is 29.8 Å². The molecule has 3 heteroatoms. The van der Waals surface area contributed by atoms with Crippen LogP contribution in [0.25, 0.3) is 0 Å². The van der Waals surface area contributed by atoms with Gasteiger partial charge in [-0.1, -0.05) is 47.4 Å². The molecule has 0 fully saturated rings. The number of hydrogen-bond donors (Lipinski definition) is 0. The Kier molecular flexibility index (Phi) is 4.27. The Labute approximate surface area is 98.5 Å². The standard InChI is InChI=1S/C11H14BrClO/c1-7(8(2)12)9-4-5-10(13)11(6-9)14-3/h4-8H,1-3H3. The van der Waals surface area contributed by atoms with E-state index in [1.165, 1.54) is 5.56 Å². The molecule has 14 heavy (non-hydrogen) atoms. The van der Waals surface area contributed by atoms with Crippen molar-refractivity contribution in [2.24, 2.45) is 0 Å². The molecule has 1 aromatic carbocycles. The summed E-state index contributed by atoms with van der Waals surface area (Å²) in [6.07, 6.45) is 0. The van der Waals surface area contributed by atoms with Gasteiger partial charge in [0.1, 0.15) is 5.75 Å². The zero-order valence-corrected chi connectivity index (χ0v) is 10.9. The number of hydrogen-bond acceptors (Lipinski definition) is 1. The van der Waals surface area contributed by atoms with Gasteiger partial charge in [-0.3, -0.25) is 0 Å². The van der Waals surface area contributed by atoms with Crippen LogP contribution in [0.1, 0.15) is 25.3 Å². The summed E-state index contributed by atoms with van der Waals surface area (Å²) in [5.41, 5.74) is 1.23. The Morgan fingerprint density at radius 1 is 1.36 bits per heavy atom. The zero-order valence-electron chi connectivity index (χ0n) is 8.55. The molecule has 78 valence electrons. The van der Waals surface area contributed by atoms with Crippen LogP contribution < -0.4 is 4.74 Å². The number of benzene rings is 1. The van der Waals surface area contributed by atoms with Gasteiger partial charge in [-0.2, -0.15) is 0 Å². The van der Waals surface area contributed by atoms with Crippen LogP contribution in [0.5, 0.6) is 5.75 Å². The maximum Gasteiger partial charge on any atom is 0.137 e. The van der Waals surface area contributed by atoms with Crippen molar-refractivity contribution >= 4 is 27.5 Å². The Balaban J connectivity index is 3.00. The molecule has 0 aliphatic carbocycles. The first-order chi connectivity index (χ1) is 6.56. The first kappa shape index (κ1) is 11.9. The van der Waals surface area contributed by atoms with Crippen LogP contribution >= 0.6 is 27.5 Å². The van der Waals surface area contributed by atoms with E-state index in [9.17, 15) is 0 Å². The normalized spacial score (nSPS) is 14.9. The minimum atomic E-state index is 0.438. The third-order valence-electron chi connectivity index (χ3n) is 2.39. The summed E-state index contributed by atoms with van der Waals surface area (Å²) in [5, 5.41) is 0.658. The molecule has 0 saturated heterocycles. The summed E-state index contributed by atoms with van der Waals surface area (Å²) in [4.78, 5) is 0.438. The van der Waals surface area contributed by atoms with Gasteiger partial charge in [0.15, 0.2) is 0 Å². The summed E-state index contributed by atoms with van der Waals surface area (Å²) in [5.74, 6) is 1.19. The average molecular weight is 278 g/mol. The molecule has 0 heterocycles. The van der Waals surface area contributed by atoms with Crippen LogP contribution in [0.15, 0.2) is 18.2 Å². The van der Waals surface area contributed by atoms with Crippen molar-refractivity contribution in [2.75, 3.05) is 7.11 Å². The maximum atomic E-state index is 5.94. The van der Waals surface area contributed by atoms with E-state index in [1.54, 1.807) is 7.11 Å². The fraction of sp³-hybridized carbons (Fsp3) is 0.455. The molecule has 1 nitrogen and oxygen atoms in total. The van der Waals surface area contributed by atoms with Gasteiger partial charge in [0.05, 0.1) is 12.1 Å². The average Bonchev–Trinajstić information content (AvgIpc) is 2.17. The topological polar surface area (TPSA) is 9.23 Å². The number of halogens is 2. The van der Waals surface area contributed by atoms with Gasteiger partial charge in [-0.15, -0.1) is 0 Å². The van der Waals surface area contributed by atoms with E-state index in [0.717, 1.165) is 5.75 Å². The first-order valence-corrected chi connectivity index (χ1v) is 5.83. The van der Waals surface area contributed by atoms with E-state index in [4.69, 9.17) is 16.3 Å². The van der Waals surface area contributed by atoms with Gasteiger partial charge in [-0.25, -0.2) is 0 Å². The molecule has 0 bridgehead atoms. The number of methoxy groups -OCH3 is 1. The van der Waals surface area contributed by atoms with Crippen LogP contribution in [0.4, 0.5) is 0 Å². The minimum Gasteiger partial charge on any atom is -0.495 e. The van der Waals surface area contributed by atoms with Crippen molar-refractivity contribution in [3.05, 3.63) is 28.8 Å². The monoisotopic (exact) mass is 276 g/mol. The summed E-state index contributed by atoms with van der Waals surface area (Å²) < 4.78 is 5.17. The third-order valence-corrected chi connectivity index (χ3v) is 3.50. The molecular formula is C11H14BrClO. The first-order valence-electron chi connectivity index (χ1n) is 4.53. The summed E-state index contributed by atoms with van der Waals surface area (Å²) in [7, 11) is 1.63. The maximum absolute atomic E-state index is 5.94. The smallest absolute Gasteiger partial charge is 0.137 e. The van der Waals surface area contributed by atoms with Gasteiger partial charge in [0.25, 0.3) is 0 Å². The van der Waals surface area contributed by atoms with E-state index in [-0.39, 0.29) is 0 Å². The molecule has 0 amide bonds. The molecular weight excluding hydrogens is 263 g/mol. The number of ether oxygens (including phenoxy) is 1. The molecule has 2 atom stereocenters. The molecule has 0 spiro atoms. The van der Waals surface area contributed by atoms with Crippen molar-refractivity contribution in [3.63, 3.8) is 0 Å². The van der Waals surface area contributed by atoms with Crippen LogP contribution in [0, 0.1) is 0 Å². The molecule has 0 saturated carbocycles. The molecule has 0 aliphatic heterocycles. The van der Waals surface area contributed by atoms with E-state index in [1.807, 2.05) is 18.2 Å². The molecule has 0 aliphatic rings. The Morgan fingerprint density at radius 2 is 2.00 bits per heavy atom. The van der Waals surface area contributed by atoms with E-state index in [0.29, 0.717) is 15.8 Å². The molecule has 1 rings (SSSR count). The van der Waals surface area contributed by atoms with Crippen LogP contribution in [0.2, 0.25) is 5.02 Å². The highest BCUT2D eigenvalue weighted by molar-refractivity contribution is 9.09. The quantitative estimate of drug-likeness (QED) is 0.751. The van der Waals surface area contributed by atoms with Crippen molar-refractivity contribution in [3.8, 4) is 5.75 Å². The fourth-order valence-corrected chi connectivity index (χ4v) is 1.72. The zero-order chi connectivity index (χ0) is 10.7. The lowest BCUT2D eigenvalue weighted by atomic mass is 9.98. The highest BCUT2D eigenvalue weighted by Gasteiger charge is 2.12. The second kappa shape index (κ2) is 5.04. The van der Waals surface area contributed by atoms with Crippen LogP contribution in [-0.2, 0) is 0 Å². The highest BCUT2D eigenvalue weighted by Crippen LogP contribution is 2.31. The van der Waals surface area contributed by atoms with Gasteiger partial charge >= 0.3 is 0 Å². The lowest BCUT2D eigenvalue weighted by molar-refractivity contribution is 0.414. The van der Waals surface area contributed by atoms with Crippen LogP contribution in [0.3, 0.4) is 0 Å². The molecule has 0 radical (unpaired) electrons. The Bertz CT molecular complexity index is 312. The third kappa shape index (κ3) is 2.64. The fourth-order valence-electron chi connectivity index (χ4n) is 1.22. The largest absolute Gasteiger partial charge is 0.495 e. The van der Waals surface area contributed by atoms with E-state index < -0.39 is 0 Å². The van der Waals surface area contributed by atoms with Crippen molar-refractivity contribution in [1.82, 2.24) is 0 Å². The van der Waals surface area contributed by atoms with Crippen molar-refractivity contribution in [1.29, 1.82) is 0 Å². The van der Waals surface area contributed by atoms with E-state index >= 15 is 0 Å². The summed E-state index contributed by atoms with van der Waals surface area (Å²) in [6.45, 7) is 4.30. The van der Waals surface area contributed by atoms with Gasteiger partial charge in [-0.05, 0) is 23.6 Å². The second-order valence-corrected chi connectivity index (χ2v) is 5.21. The predicted octanol–water partition coefficient (Wildman–Crippen LogP) is 4.24. The summed E-state index contributed by atoms with van der Waals surface area (Å²) in [6, 6.07) is 5.90. The van der Waals surface area contributed by atoms with Crippen molar-refractivity contribution in [2.45, 2.75) is 24.6 Å². The minimum absolute atomic E-state index is 0.438. The molecule has 0 N–H and O–H groups in total. The molecule has 1 aromatic rings.